The summed E-state index contributed by atoms with van der Waals surface area (Å²) in [7, 11) is 1.52. The van der Waals surface area contributed by atoms with Gasteiger partial charge in [0.05, 0.1) is 30.4 Å². The fourth-order valence-electron chi connectivity index (χ4n) is 5.05. The van der Waals surface area contributed by atoms with E-state index in [1.54, 1.807) is 30.3 Å². The van der Waals surface area contributed by atoms with Gasteiger partial charge in [-0.3, -0.25) is 24.1 Å². The van der Waals surface area contributed by atoms with E-state index in [-0.39, 0.29) is 42.5 Å². The molecule has 3 heterocycles. The zero-order valence-corrected chi connectivity index (χ0v) is 23.0. The second-order valence-electron chi connectivity index (χ2n) is 10.2. The molecule has 1 fully saturated rings. The minimum Gasteiger partial charge on any atom is -0.354 e. The highest BCUT2D eigenvalue weighted by Gasteiger charge is 2.41. The van der Waals surface area contributed by atoms with Gasteiger partial charge in [-0.1, -0.05) is 42.0 Å². The highest BCUT2D eigenvalue weighted by atomic mass is 16.7. The molecule has 1 saturated heterocycles. The number of imide groups is 1. The predicted molar refractivity (Wildman–Crippen MR) is 150 cm³/mol. The number of aryl methyl sites for hydroxylation is 1. The molecule has 2 aliphatic heterocycles. The first-order chi connectivity index (χ1) is 19.8. The molecule has 212 valence electrons. The standard InChI is InChI=1S/C31H32N4O6/c1-19-7-5-8-20(13-19)14-22-15-21(16-26(34-22)29(37)32-2)28(36)33-12-6-11-27-40-17-23(18-41-27)35-30(38)24-9-3-4-10-25(24)31(35)39/h3-5,7-10,13,15-16,23,27H,6,11-12,14,17-18H2,1-2H3,(H,32,37)(H,33,36). The maximum atomic E-state index is 13.0. The van der Waals surface area contributed by atoms with Gasteiger partial charge in [0.15, 0.2) is 6.29 Å². The molecule has 0 bridgehead atoms. The summed E-state index contributed by atoms with van der Waals surface area (Å²) >= 11 is 0. The summed E-state index contributed by atoms with van der Waals surface area (Å²) in [4.78, 5) is 56.4. The maximum Gasteiger partial charge on any atom is 0.269 e. The van der Waals surface area contributed by atoms with Gasteiger partial charge in [-0.25, -0.2) is 4.98 Å². The number of fused-ring (bicyclic) bond motifs is 1. The van der Waals surface area contributed by atoms with Crippen molar-refractivity contribution in [2.24, 2.45) is 0 Å². The van der Waals surface area contributed by atoms with E-state index >= 15 is 0 Å². The first kappa shape index (κ1) is 28.1. The van der Waals surface area contributed by atoms with Gasteiger partial charge in [-0.05, 0) is 43.2 Å². The van der Waals surface area contributed by atoms with E-state index in [0.717, 1.165) is 11.1 Å². The van der Waals surface area contributed by atoms with E-state index in [2.05, 4.69) is 15.6 Å². The lowest BCUT2D eigenvalue weighted by atomic mass is 10.0. The highest BCUT2D eigenvalue weighted by molar-refractivity contribution is 6.21. The fraction of sp³-hybridized carbons (Fsp3) is 0.323. The average molecular weight is 557 g/mol. The molecule has 2 aromatic carbocycles. The normalized spacial score (nSPS) is 18.2. The van der Waals surface area contributed by atoms with Crippen LogP contribution < -0.4 is 10.6 Å². The van der Waals surface area contributed by atoms with E-state index in [9.17, 15) is 19.2 Å². The number of pyridine rings is 1. The predicted octanol–water partition coefficient (Wildman–Crippen LogP) is 2.89. The number of amides is 4. The molecule has 41 heavy (non-hydrogen) atoms. The molecule has 5 rings (SSSR count). The Hall–Kier alpha value is -4.41. The van der Waals surface area contributed by atoms with Gasteiger partial charge in [0.25, 0.3) is 23.6 Å². The third kappa shape index (κ3) is 6.34. The van der Waals surface area contributed by atoms with Gasteiger partial charge < -0.3 is 20.1 Å². The van der Waals surface area contributed by atoms with Crippen LogP contribution in [0.25, 0.3) is 0 Å². The van der Waals surface area contributed by atoms with E-state index in [1.165, 1.54) is 18.0 Å². The van der Waals surface area contributed by atoms with Crippen molar-refractivity contribution in [3.63, 3.8) is 0 Å². The Kier molecular flexibility index (Phi) is 8.51. The molecule has 0 unspecified atom stereocenters. The number of hydrogen-bond acceptors (Lipinski definition) is 7. The van der Waals surface area contributed by atoms with Crippen LogP contribution in [0.3, 0.4) is 0 Å². The lowest BCUT2D eigenvalue weighted by Crippen LogP contribution is -2.49. The monoisotopic (exact) mass is 556 g/mol. The van der Waals surface area contributed by atoms with Crippen LogP contribution in [0.1, 0.15) is 71.2 Å². The third-order valence-electron chi connectivity index (χ3n) is 7.11. The number of hydrogen-bond donors (Lipinski definition) is 2. The van der Waals surface area contributed by atoms with Crippen molar-refractivity contribution in [3.8, 4) is 0 Å². The quantitative estimate of drug-likeness (QED) is 0.307. The summed E-state index contributed by atoms with van der Waals surface area (Å²) in [6, 6.07) is 17.5. The molecule has 0 atom stereocenters. The summed E-state index contributed by atoms with van der Waals surface area (Å²) in [6.45, 7) is 2.75. The zero-order valence-electron chi connectivity index (χ0n) is 23.0. The van der Waals surface area contributed by atoms with Crippen LogP contribution in [0, 0.1) is 6.92 Å². The SMILES string of the molecule is CNC(=O)c1cc(C(=O)NCCCC2OCC(N3C(=O)c4ccccc4C3=O)CO2)cc(Cc2cccc(C)c2)n1. The number of rotatable bonds is 9. The topological polar surface area (TPSA) is 127 Å². The van der Waals surface area contributed by atoms with Crippen LogP contribution >= 0.6 is 0 Å². The molecular formula is C31H32N4O6. The number of nitrogens with zero attached hydrogens (tertiary/aromatic N) is 2. The van der Waals surface area contributed by atoms with E-state index < -0.39 is 12.3 Å². The van der Waals surface area contributed by atoms with Gasteiger partial charge in [0.2, 0.25) is 0 Å². The van der Waals surface area contributed by atoms with Crippen molar-refractivity contribution in [3.05, 3.63) is 99.9 Å². The molecule has 2 N–H and O–H groups in total. The van der Waals surface area contributed by atoms with Crippen molar-refractivity contribution >= 4 is 23.6 Å². The minimum atomic E-state index is -0.500. The van der Waals surface area contributed by atoms with Crippen LogP contribution in [-0.4, -0.2) is 72.7 Å². The summed E-state index contributed by atoms with van der Waals surface area (Å²) < 4.78 is 11.6. The molecular weight excluding hydrogens is 524 g/mol. The van der Waals surface area contributed by atoms with Crippen LogP contribution in [0.15, 0.2) is 60.7 Å². The molecule has 4 amide bonds. The van der Waals surface area contributed by atoms with Gasteiger partial charge in [-0.15, -0.1) is 0 Å². The van der Waals surface area contributed by atoms with Gasteiger partial charge in [0.1, 0.15) is 5.69 Å². The van der Waals surface area contributed by atoms with Gasteiger partial charge in [0, 0.05) is 37.7 Å². The largest absolute Gasteiger partial charge is 0.354 e. The van der Waals surface area contributed by atoms with Crippen molar-refractivity contribution < 1.29 is 28.7 Å². The third-order valence-corrected chi connectivity index (χ3v) is 7.11. The van der Waals surface area contributed by atoms with Crippen LogP contribution in [0.2, 0.25) is 0 Å². The first-order valence-electron chi connectivity index (χ1n) is 13.6. The zero-order chi connectivity index (χ0) is 28.9. The second-order valence-corrected chi connectivity index (χ2v) is 10.2. The van der Waals surface area contributed by atoms with Crippen molar-refractivity contribution in [1.82, 2.24) is 20.5 Å². The number of nitrogens with one attached hydrogen (secondary N) is 2. The lowest BCUT2D eigenvalue weighted by Gasteiger charge is -2.33. The Morgan fingerprint density at radius 3 is 2.32 bits per heavy atom. The van der Waals surface area contributed by atoms with Gasteiger partial charge >= 0.3 is 0 Å². The lowest BCUT2D eigenvalue weighted by molar-refractivity contribution is -0.199. The van der Waals surface area contributed by atoms with Crippen LogP contribution in [-0.2, 0) is 15.9 Å². The van der Waals surface area contributed by atoms with Crippen molar-refractivity contribution in [2.75, 3.05) is 26.8 Å². The molecule has 3 aromatic rings. The van der Waals surface area contributed by atoms with Crippen molar-refractivity contribution in [2.45, 2.75) is 38.5 Å². The molecule has 10 heteroatoms. The molecule has 0 spiro atoms. The number of ether oxygens (including phenoxy) is 2. The molecule has 2 aliphatic rings. The number of carbonyl (C=O) groups excluding carboxylic acids is 4. The van der Waals surface area contributed by atoms with Crippen molar-refractivity contribution in [1.29, 1.82) is 0 Å². The van der Waals surface area contributed by atoms with E-state index in [1.807, 2.05) is 31.2 Å². The van der Waals surface area contributed by atoms with Crippen LogP contribution in [0.4, 0.5) is 0 Å². The van der Waals surface area contributed by atoms with Crippen LogP contribution in [0.5, 0.6) is 0 Å². The Labute approximate surface area is 238 Å². The average Bonchev–Trinajstić information content (AvgIpc) is 3.24. The number of aromatic nitrogens is 1. The molecule has 0 aliphatic carbocycles. The van der Waals surface area contributed by atoms with E-state index in [0.29, 0.717) is 48.2 Å². The number of carbonyl (C=O) groups is 4. The first-order valence-corrected chi connectivity index (χ1v) is 13.6. The Bertz CT molecular complexity index is 1450. The van der Waals surface area contributed by atoms with Gasteiger partial charge in [-0.2, -0.15) is 0 Å². The van der Waals surface area contributed by atoms with E-state index in [4.69, 9.17) is 9.47 Å². The summed E-state index contributed by atoms with van der Waals surface area (Å²) in [5.41, 5.74) is 4.11. The Morgan fingerprint density at radius 1 is 0.951 bits per heavy atom. The smallest absolute Gasteiger partial charge is 0.269 e. The molecule has 0 saturated carbocycles. The second kappa shape index (κ2) is 12.4. The molecule has 0 radical (unpaired) electrons. The fourth-order valence-corrected chi connectivity index (χ4v) is 5.05. The number of benzene rings is 2. The Morgan fingerprint density at radius 2 is 1.66 bits per heavy atom. The summed E-state index contributed by atoms with van der Waals surface area (Å²) in [5.74, 6) is -1.33. The summed E-state index contributed by atoms with van der Waals surface area (Å²) in [5, 5.41) is 5.46. The molecule has 10 nitrogen and oxygen atoms in total. The molecule has 1 aromatic heterocycles. The minimum absolute atomic E-state index is 0.180. The Balaban J connectivity index is 1.12. The maximum absolute atomic E-state index is 13.0. The highest BCUT2D eigenvalue weighted by Crippen LogP contribution is 2.26. The summed E-state index contributed by atoms with van der Waals surface area (Å²) in [6.07, 6.45) is 1.09.